The highest BCUT2D eigenvalue weighted by Gasteiger charge is 2.47. The number of likely N-dealkylation sites (tertiary alicyclic amines) is 1. The van der Waals surface area contributed by atoms with Gasteiger partial charge in [-0.15, -0.1) is 0 Å². The zero-order valence-electron chi connectivity index (χ0n) is 16.6. The monoisotopic (exact) mass is 394 g/mol. The average Bonchev–Trinajstić information content (AvgIpc) is 3.36. The van der Waals surface area contributed by atoms with Gasteiger partial charge in [0.05, 0.1) is 11.8 Å². The molecule has 2 aliphatic heterocycles. The van der Waals surface area contributed by atoms with Crippen LogP contribution in [0.4, 0.5) is 0 Å². The molecule has 1 fully saturated rings. The van der Waals surface area contributed by atoms with Crippen molar-refractivity contribution < 1.29 is 19.1 Å². The van der Waals surface area contributed by atoms with Gasteiger partial charge in [-0.05, 0) is 30.5 Å². The molecule has 29 heavy (non-hydrogen) atoms. The van der Waals surface area contributed by atoms with Crippen LogP contribution in [0.2, 0.25) is 0 Å². The highest BCUT2D eigenvalue weighted by atomic mass is 16.3. The van der Waals surface area contributed by atoms with E-state index in [1.54, 1.807) is 24.0 Å². The van der Waals surface area contributed by atoms with E-state index in [2.05, 4.69) is 17.0 Å². The Morgan fingerprint density at radius 3 is 2.48 bits per heavy atom. The molecule has 0 radical (unpaired) electrons. The topological polar surface area (TPSA) is 74.0 Å². The van der Waals surface area contributed by atoms with Crippen LogP contribution >= 0.6 is 0 Å². The molecule has 0 spiro atoms. The molecule has 1 amide bonds. The minimum atomic E-state index is -0.643. The molecule has 152 valence electrons. The standard InChI is InChI=1S/C23H26N2O4/c1-2-18(26)20-21(19-9-6-14-29-19)25(23(28)22(20)27)17-10-12-24(13-11-17)15-16-7-4-3-5-8-16/h3-9,14,17,21,27H,2,10-13,15H2,1H3. The van der Waals surface area contributed by atoms with Crippen LogP contribution in [0.1, 0.15) is 43.6 Å². The number of nitrogens with zero attached hydrogens (tertiary/aromatic N) is 2. The van der Waals surface area contributed by atoms with Gasteiger partial charge in [0.15, 0.2) is 11.5 Å². The Morgan fingerprint density at radius 2 is 1.86 bits per heavy atom. The number of Topliss-reactive ketones (excluding diaryl/α,β-unsaturated/α-hetero) is 1. The highest BCUT2D eigenvalue weighted by molar-refractivity contribution is 6.08. The summed E-state index contributed by atoms with van der Waals surface area (Å²) in [5.41, 5.74) is 1.44. The van der Waals surface area contributed by atoms with Gasteiger partial charge in [0.1, 0.15) is 11.8 Å². The third-order valence-electron chi connectivity index (χ3n) is 5.88. The minimum absolute atomic E-state index is 0.0473. The first-order valence-electron chi connectivity index (χ1n) is 10.2. The van der Waals surface area contributed by atoms with Crippen LogP contribution in [0.25, 0.3) is 0 Å². The van der Waals surface area contributed by atoms with E-state index in [0.29, 0.717) is 5.76 Å². The molecular weight excluding hydrogens is 368 g/mol. The summed E-state index contributed by atoms with van der Waals surface area (Å²) in [6, 6.07) is 13.1. The Kier molecular flexibility index (Phi) is 5.53. The van der Waals surface area contributed by atoms with Gasteiger partial charge in [-0.25, -0.2) is 0 Å². The highest BCUT2D eigenvalue weighted by Crippen LogP contribution is 2.41. The van der Waals surface area contributed by atoms with Crippen LogP contribution in [0, 0.1) is 0 Å². The molecule has 0 bridgehead atoms. The summed E-state index contributed by atoms with van der Waals surface area (Å²) in [5, 5.41) is 10.5. The average molecular weight is 394 g/mol. The number of furan rings is 1. The first kappa shape index (κ1) is 19.5. The fraction of sp³-hybridized carbons (Fsp3) is 0.391. The van der Waals surface area contributed by atoms with Crippen molar-refractivity contribution in [1.82, 2.24) is 9.80 Å². The number of piperidine rings is 1. The molecule has 1 unspecified atom stereocenters. The third-order valence-corrected chi connectivity index (χ3v) is 5.88. The van der Waals surface area contributed by atoms with Gasteiger partial charge in [-0.1, -0.05) is 37.3 Å². The van der Waals surface area contributed by atoms with Gasteiger partial charge < -0.3 is 14.4 Å². The summed E-state index contributed by atoms with van der Waals surface area (Å²) in [7, 11) is 0. The summed E-state index contributed by atoms with van der Waals surface area (Å²) in [6.07, 6.45) is 3.34. The molecule has 4 rings (SSSR count). The predicted molar refractivity (Wildman–Crippen MR) is 108 cm³/mol. The second-order valence-electron chi connectivity index (χ2n) is 7.66. The molecule has 1 N–H and O–H groups in total. The van der Waals surface area contributed by atoms with E-state index in [1.165, 1.54) is 11.8 Å². The Hall–Kier alpha value is -2.86. The zero-order chi connectivity index (χ0) is 20.4. The van der Waals surface area contributed by atoms with E-state index < -0.39 is 17.7 Å². The number of hydrogen-bond acceptors (Lipinski definition) is 5. The first-order valence-corrected chi connectivity index (χ1v) is 10.2. The number of aliphatic hydroxyl groups excluding tert-OH is 1. The number of carbonyl (C=O) groups excluding carboxylic acids is 2. The van der Waals surface area contributed by atoms with E-state index in [0.717, 1.165) is 32.5 Å². The number of hydrogen-bond donors (Lipinski definition) is 1. The van der Waals surface area contributed by atoms with Crippen molar-refractivity contribution in [3.63, 3.8) is 0 Å². The van der Waals surface area contributed by atoms with Crippen molar-refractivity contribution in [3.05, 3.63) is 71.4 Å². The molecule has 6 heteroatoms. The van der Waals surface area contributed by atoms with Crippen LogP contribution in [-0.2, 0) is 16.1 Å². The van der Waals surface area contributed by atoms with Crippen molar-refractivity contribution in [3.8, 4) is 0 Å². The van der Waals surface area contributed by atoms with Crippen molar-refractivity contribution in [2.45, 2.75) is 44.8 Å². The van der Waals surface area contributed by atoms with Crippen molar-refractivity contribution in [2.75, 3.05) is 13.1 Å². The van der Waals surface area contributed by atoms with Crippen molar-refractivity contribution in [1.29, 1.82) is 0 Å². The number of carbonyl (C=O) groups is 2. The fourth-order valence-corrected chi connectivity index (χ4v) is 4.40. The molecule has 1 atom stereocenters. The van der Waals surface area contributed by atoms with Crippen LogP contribution in [0.15, 0.2) is 64.5 Å². The molecule has 6 nitrogen and oxygen atoms in total. The molecule has 2 aromatic rings. The Balaban J connectivity index is 1.52. The maximum Gasteiger partial charge on any atom is 0.290 e. The molecule has 1 aromatic heterocycles. The summed E-state index contributed by atoms with van der Waals surface area (Å²) >= 11 is 0. The summed E-state index contributed by atoms with van der Waals surface area (Å²) < 4.78 is 5.56. The quantitative estimate of drug-likeness (QED) is 0.810. The number of rotatable bonds is 6. The summed E-state index contributed by atoms with van der Waals surface area (Å²) in [6.45, 7) is 4.32. The van der Waals surface area contributed by atoms with Gasteiger partial charge in [-0.3, -0.25) is 14.5 Å². The third kappa shape index (κ3) is 3.72. The lowest BCUT2D eigenvalue weighted by Gasteiger charge is -2.39. The molecular formula is C23H26N2O4. The van der Waals surface area contributed by atoms with E-state index in [1.807, 2.05) is 18.2 Å². The summed E-state index contributed by atoms with van der Waals surface area (Å²) in [4.78, 5) is 29.5. The van der Waals surface area contributed by atoms with Gasteiger partial charge >= 0.3 is 0 Å². The normalized spacial score (nSPS) is 21.2. The Labute approximate surface area is 170 Å². The maximum atomic E-state index is 12.9. The minimum Gasteiger partial charge on any atom is -0.503 e. The van der Waals surface area contributed by atoms with Gasteiger partial charge in [-0.2, -0.15) is 0 Å². The Bertz CT molecular complexity index is 896. The molecule has 1 saturated heterocycles. The number of ketones is 1. The number of aliphatic hydroxyl groups is 1. The Morgan fingerprint density at radius 1 is 1.14 bits per heavy atom. The molecule has 3 heterocycles. The largest absolute Gasteiger partial charge is 0.503 e. The second-order valence-corrected chi connectivity index (χ2v) is 7.66. The number of amides is 1. The molecule has 0 aliphatic carbocycles. The van der Waals surface area contributed by atoms with Crippen LogP contribution in [0.5, 0.6) is 0 Å². The van der Waals surface area contributed by atoms with E-state index in [9.17, 15) is 14.7 Å². The molecule has 0 saturated carbocycles. The van der Waals surface area contributed by atoms with Crippen LogP contribution in [-0.4, -0.2) is 45.7 Å². The first-order chi connectivity index (χ1) is 14.1. The fourth-order valence-electron chi connectivity index (χ4n) is 4.40. The second kappa shape index (κ2) is 8.25. The smallest absolute Gasteiger partial charge is 0.290 e. The van der Waals surface area contributed by atoms with E-state index in [-0.39, 0.29) is 23.8 Å². The van der Waals surface area contributed by atoms with Gasteiger partial charge in [0.2, 0.25) is 0 Å². The predicted octanol–water partition coefficient (Wildman–Crippen LogP) is 3.62. The van der Waals surface area contributed by atoms with Gasteiger partial charge in [0.25, 0.3) is 5.91 Å². The van der Waals surface area contributed by atoms with Gasteiger partial charge in [0, 0.05) is 32.1 Å². The van der Waals surface area contributed by atoms with Crippen LogP contribution < -0.4 is 0 Å². The number of benzene rings is 1. The van der Waals surface area contributed by atoms with Crippen molar-refractivity contribution in [2.24, 2.45) is 0 Å². The van der Waals surface area contributed by atoms with E-state index >= 15 is 0 Å². The molecule has 1 aromatic carbocycles. The SMILES string of the molecule is CCC(=O)C1=C(O)C(=O)N(C2CCN(Cc3ccccc3)CC2)C1c1ccco1. The maximum absolute atomic E-state index is 12.9. The summed E-state index contributed by atoms with van der Waals surface area (Å²) in [5.74, 6) is -0.596. The lowest BCUT2D eigenvalue weighted by Crippen LogP contribution is -2.47. The van der Waals surface area contributed by atoms with Crippen molar-refractivity contribution >= 4 is 11.7 Å². The lowest BCUT2D eigenvalue weighted by atomic mass is 9.96. The lowest BCUT2D eigenvalue weighted by molar-refractivity contribution is -0.133. The zero-order valence-corrected chi connectivity index (χ0v) is 16.6. The molecule has 2 aliphatic rings. The van der Waals surface area contributed by atoms with Crippen LogP contribution in [0.3, 0.4) is 0 Å². The van der Waals surface area contributed by atoms with E-state index in [4.69, 9.17) is 4.42 Å².